The number of hydrogen-bond donors (Lipinski definition) is 4. The fourth-order valence-corrected chi connectivity index (χ4v) is 2.11. The third-order valence-electron chi connectivity index (χ3n) is 3.70. The van der Waals surface area contributed by atoms with E-state index in [0.717, 1.165) is 0 Å². The Balaban J connectivity index is 4.07. The Morgan fingerprint density at radius 2 is 1.05 bits per heavy atom. The lowest BCUT2D eigenvalue weighted by molar-refractivity contribution is -0.0656. The molecule has 0 spiro atoms. The zero-order valence-electron chi connectivity index (χ0n) is 12.5. The van der Waals surface area contributed by atoms with Gasteiger partial charge in [0, 0.05) is 25.0 Å². The van der Waals surface area contributed by atoms with Gasteiger partial charge in [0.25, 0.3) is 0 Å². The molecule has 0 aliphatic carbocycles. The van der Waals surface area contributed by atoms with Gasteiger partial charge in [-0.15, -0.1) is 0 Å². The fraction of sp³-hybridized carbons (Fsp3) is 1.00. The number of aliphatic hydroxyl groups excluding tert-OH is 4. The third-order valence-corrected chi connectivity index (χ3v) is 3.70. The number of hydrogen-bond acceptors (Lipinski definition) is 5. The first-order valence-electron chi connectivity index (χ1n) is 7.00. The molecule has 5 nitrogen and oxygen atoms in total. The quantitative estimate of drug-likeness (QED) is 0.460. The van der Waals surface area contributed by atoms with Crippen LogP contribution in [0.4, 0.5) is 0 Å². The molecule has 0 aliphatic heterocycles. The van der Waals surface area contributed by atoms with Crippen LogP contribution >= 0.6 is 0 Å². The molecule has 0 aromatic heterocycles. The summed E-state index contributed by atoms with van der Waals surface area (Å²) in [7, 11) is 0. The Morgan fingerprint density at radius 1 is 0.737 bits per heavy atom. The largest absolute Gasteiger partial charge is 0.396 e. The maximum absolute atomic E-state index is 9.88. The SMILES string of the molecule is CC(C)C(CO)C(O)COCC(O)C(CO)C(C)C. The predicted octanol–water partition coefficient (Wildman–Crippen LogP) is 0.254. The van der Waals surface area contributed by atoms with Gasteiger partial charge in [0.1, 0.15) is 0 Å². The second-order valence-electron chi connectivity index (χ2n) is 5.85. The van der Waals surface area contributed by atoms with Crippen molar-refractivity contribution in [2.75, 3.05) is 26.4 Å². The second-order valence-corrected chi connectivity index (χ2v) is 5.85. The molecule has 0 aromatic rings. The lowest BCUT2D eigenvalue weighted by Gasteiger charge is -2.27. The van der Waals surface area contributed by atoms with E-state index in [0.29, 0.717) is 0 Å². The second kappa shape index (κ2) is 9.66. The molecule has 0 radical (unpaired) electrons. The predicted molar refractivity (Wildman–Crippen MR) is 73.7 cm³/mol. The van der Waals surface area contributed by atoms with E-state index in [-0.39, 0.29) is 50.1 Å². The van der Waals surface area contributed by atoms with E-state index in [1.165, 1.54) is 0 Å². The molecule has 19 heavy (non-hydrogen) atoms. The van der Waals surface area contributed by atoms with Crippen molar-refractivity contribution in [2.45, 2.75) is 39.9 Å². The topological polar surface area (TPSA) is 90.2 Å². The van der Waals surface area contributed by atoms with Gasteiger partial charge in [0.2, 0.25) is 0 Å². The average Bonchev–Trinajstić information content (AvgIpc) is 2.29. The molecule has 0 bridgehead atoms. The zero-order valence-corrected chi connectivity index (χ0v) is 12.5. The minimum atomic E-state index is -0.746. The molecule has 4 atom stereocenters. The van der Waals surface area contributed by atoms with Gasteiger partial charge in [-0.1, -0.05) is 27.7 Å². The summed E-state index contributed by atoms with van der Waals surface area (Å²) in [6.45, 7) is 7.71. The van der Waals surface area contributed by atoms with Gasteiger partial charge in [-0.3, -0.25) is 0 Å². The van der Waals surface area contributed by atoms with Crippen LogP contribution in [0.2, 0.25) is 0 Å². The van der Waals surface area contributed by atoms with Gasteiger partial charge in [0.05, 0.1) is 25.4 Å². The molecular formula is C14H30O5. The summed E-state index contributed by atoms with van der Waals surface area (Å²) in [6, 6.07) is 0. The van der Waals surface area contributed by atoms with Crippen LogP contribution in [-0.4, -0.2) is 59.1 Å². The summed E-state index contributed by atoms with van der Waals surface area (Å²) in [5, 5.41) is 38.1. The van der Waals surface area contributed by atoms with Crippen molar-refractivity contribution >= 4 is 0 Å². The summed E-state index contributed by atoms with van der Waals surface area (Å²) in [4.78, 5) is 0. The van der Waals surface area contributed by atoms with Gasteiger partial charge < -0.3 is 25.2 Å². The summed E-state index contributed by atoms with van der Waals surface area (Å²) < 4.78 is 5.30. The van der Waals surface area contributed by atoms with Crippen molar-refractivity contribution in [3.8, 4) is 0 Å². The van der Waals surface area contributed by atoms with Crippen LogP contribution in [0.3, 0.4) is 0 Å². The van der Waals surface area contributed by atoms with Crippen LogP contribution in [0.1, 0.15) is 27.7 Å². The van der Waals surface area contributed by atoms with E-state index in [1.54, 1.807) is 0 Å². The molecule has 5 heteroatoms. The normalized spacial score (nSPS) is 18.6. The number of rotatable bonds is 10. The highest BCUT2D eigenvalue weighted by Gasteiger charge is 2.24. The van der Waals surface area contributed by atoms with Gasteiger partial charge in [-0.25, -0.2) is 0 Å². The van der Waals surface area contributed by atoms with Crippen LogP contribution in [0.15, 0.2) is 0 Å². The first-order valence-corrected chi connectivity index (χ1v) is 7.00. The van der Waals surface area contributed by atoms with Crippen LogP contribution in [-0.2, 0) is 4.74 Å². The highest BCUT2D eigenvalue weighted by Crippen LogP contribution is 2.17. The van der Waals surface area contributed by atoms with Gasteiger partial charge in [0.15, 0.2) is 0 Å². The van der Waals surface area contributed by atoms with E-state index < -0.39 is 12.2 Å². The van der Waals surface area contributed by atoms with Crippen molar-refractivity contribution < 1.29 is 25.2 Å². The highest BCUT2D eigenvalue weighted by molar-refractivity contribution is 4.73. The molecular weight excluding hydrogens is 248 g/mol. The molecule has 0 saturated carbocycles. The molecule has 116 valence electrons. The van der Waals surface area contributed by atoms with E-state index >= 15 is 0 Å². The number of aliphatic hydroxyl groups is 4. The number of ether oxygens (including phenoxy) is 1. The lowest BCUT2D eigenvalue weighted by Crippen LogP contribution is -2.36. The van der Waals surface area contributed by atoms with E-state index in [4.69, 9.17) is 4.74 Å². The monoisotopic (exact) mass is 278 g/mol. The molecule has 0 rings (SSSR count). The van der Waals surface area contributed by atoms with Crippen LogP contribution in [0, 0.1) is 23.7 Å². The van der Waals surface area contributed by atoms with E-state index in [1.807, 2.05) is 27.7 Å². The van der Waals surface area contributed by atoms with Crippen molar-refractivity contribution in [1.82, 2.24) is 0 Å². The Hall–Kier alpha value is -0.200. The highest BCUT2D eigenvalue weighted by atomic mass is 16.5. The zero-order chi connectivity index (χ0) is 15.0. The summed E-state index contributed by atoms with van der Waals surface area (Å²) in [5.41, 5.74) is 0. The maximum Gasteiger partial charge on any atom is 0.0826 e. The Kier molecular flexibility index (Phi) is 9.56. The lowest BCUT2D eigenvalue weighted by atomic mass is 9.91. The molecule has 4 N–H and O–H groups in total. The maximum atomic E-state index is 9.88. The molecule has 0 amide bonds. The Labute approximate surface area is 116 Å². The van der Waals surface area contributed by atoms with Crippen molar-refractivity contribution in [1.29, 1.82) is 0 Å². The van der Waals surface area contributed by atoms with Crippen LogP contribution in [0.25, 0.3) is 0 Å². The minimum absolute atomic E-state index is 0.0801. The molecule has 0 heterocycles. The Morgan fingerprint density at radius 3 is 1.26 bits per heavy atom. The summed E-state index contributed by atoms with van der Waals surface area (Å²) in [5.74, 6) is -0.129. The van der Waals surface area contributed by atoms with E-state index in [9.17, 15) is 20.4 Å². The third kappa shape index (κ3) is 6.68. The van der Waals surface area contributed by atoms with Crippen LogP contribution in [0.5, 0.6) is 0 Å². The standard InChI is InChI=1S/C14H30O5/c1-9(2)11(5-15)13(17)7-19-8-14(18)12(6-16)10(3)4/h9-18H,5-8H2,1-4H3. The van der Waals surface area contributed by atoms with Gasteiger partial charge in [-0.05, 0) is 11.8 Å². The van der Waals surface area contributed by atoms with Crippen molar-refractivity contribution in [3.63, 3.8) is 0 Å². The molecule has 0 fully saturated rings. The van der Waals surface area contributed by atoms with E-state index in [2.05, 4.69) is 0 Å². The Bertz CT molecular complexity index is 198. The smallest absolute Gasteiger partial charge is 0.0826 e. The van der Waals surface area contributed by atoms with Gasteiger partial charge in [-0.2, -0.15) is 0 Å². The first-order chi connectivity index (χ1) is 8.84. The summed E-state index contributed by atoms with van der Waals surface area (Å²) >= 11 is 0. The molecule has 0 saturated heterocycles. The molecule has 4 unspecified atom stereocenters. The molecule has 0 aliphatic rings. The fourth-order valence-electron chi connectivity index (χ4n) is 2.11. The van der Waals surface area contributed by atoms with Gasteiger partial charge >= 0.3 is 0 Å². The summed E-state index contributed by atoms with van der Waals surface area (Å²) in [6.07, 6.45) is -1.49. The van der Waals surface area contributed by atoms with Crippen molar-refractivity contribution in [2.24, 2.45) is 23.7 Å². The average molecular weight is 278 g/mol. The van der Waals surface area contributed by atoms with Crippen LogP contribution < -0.4 is 0 Å². The molecule has 0 aromatic carbocycles. The van der Waals surface area contributed by atoms with Crippen molar-refractivity contribution in [3.05, 3.63) is 0 Å². The first kappa shape index (κ1) is 18.8. The minimum Gasteiger partial charge on any atom is -0.396 e.